The SMILES string of the molecule is CCOC(=O)c1c(NC(=O)COC(=O)c2cc(O)c3ccccc3c2O)sc2c1CCC(C)C2. The quantitative estimate of drug-likeness (QED) is 0.351. The topological polar surface area (TPSA) is 122 Å². The fourth-order valence-electron chi connectivity index (χ4n) is 4.13. The van der Waals surface area contributed by atoms with Crippen LogP contribution in [0.4, 0.5) is 5.00 Å². The van der Waals surface area contributed by atoms with Gasteiger partial charge in [-0.25, -0.2) is 9.59 Å². The van der Waals surface area contributed by atoms with Crippen LogP contribution in [0.5, 0.6) is 11.5 Å². The molecule has 0 bridgehead atoms. The number of hydrogen-bond acceptors (Lipinski definition) is 8. The first kappa shape index (κ1) is 23.6. The molecule has 178 valence electrons. The van der Waals surface area contributed by atoms with E-state index in [9.17, 15) is 24.6 Å². The number of carbonyl (C=O) groups is 3. The smallest absolute Gasteiger partial charge is 0.342 e. The van der Waals surface area contributed by atoms with Crippen LogP contribution in [-0.4, -0.2) is 41.3 Å². The van der Waals surface area contributed by atoms with E-state index in [0.717, 1.165) is 35.8 Å². The number of thiophene rings is 1. The molecule has 0 aliphatic heterocycles. The number of phenolic OH excluding ortho intramolecular Hbond substituents is 2. The number of hydrogen-bond donors (Lipinski definition) is 3. The Morgan fingerprint density at radius 3 is 2.59 bits per heavy atom. The minimum absolute atomic E-state index is 0.192. The third-order valence-electron chi connectivity index (χ3n) is 5.79. The highest BCUT2D eigenvalue weighted by atomic mass is 32.1. The molecule has 1 atom stereocenters. The molecule has 1 amide bonds. The highest BCUT2D eigenvalue weighted by Gasteiger charge is 2.29. The summed E-state index contributed by atoms with van der Waals surface area (Å²) >= 11 is 1.34. The van der Waals surface area contributed by atoms with Crippen LogP contribution in [0, 0.1) is 5.92 Å². The largest absolute Gasteiger partial charge is 0.507 e. The second kappa shape index (κ2) is 9.72. The summed E-state index contributed by atoms with van der Waals surface area (Å²) in [5.41, 5.74) is 1.02. The Labute approximate surface area is 200 Å². The first-order valence-electron chi connectivity index (χ1n) is 11.0. The average molecular weight is 484 g/mol. The second-order valence-electron chi connectivity index (χ2n) is 8.24. The molecule has 1 aromatic heterocycles. The summed E-state index contributed by atoms with van der Waals surface area (Å²) in [6, 6.07) is 7.62. The van der Waals surface area contributed by atoms with Crippen LogP contribution in [0.3, 0.4) is 0 Å². The number of benzene rings is 2. The van der Waals surface area contributed by atoms with Crippen molar-refractivity contribution in [3.63, 3.8) is 0 Å². The van der Waals surface area contributed by atoms with Crippen molar-refractivity contribution in [1.29, 1.82) is 0 Å². The molecule has 3 N–H and O–H groups in total. The van der Waals surface area contributed by atoms with Gasteiger partial charge in [0.05, 0.1) is 12.2 Å². The Kier molecular flexibility index (Phi) is 6.74. The Morgan fingerprint density at radius 1 is 1.12 bits per heavy atom. The van der Waals surface area contributed by atoms with Crippen molar-refractivity contribution in [2.75, 3.05) is 18.5 Å². The maximum Gasteiger partial charge on any atom is 0.342 e. The van der Waals surface area contributed by atoms with Gasteiger partial charge in [0.2, 0.25) is 0 Å². The van der Waals surface area contributed by atoms with Gasteiger partial charge in [-0.3, -0.25) is 4.79 Å². The lowest BCUT2D eigenvalue weighted by Gasteiger charge is -2.18. The molecule has 3 aromatic rings. The molecule has 2 aromatic carbocycles. The normalized spacial score (nSPS) is 14.9. The molecule has 0 spiro atoms. The fourth-order valence-corrected chi connectivity index (χ4v) is 5.54. The van der Waals surface area contributed by atoms with Gasteiger partial charge < -0.3 is 25.0 Å². The number of phenols is 2. The van der Waals surface area contributed by atoms with Gasteiger partial charge >= 0.3 is 11.9 Å². The summed E-state index contributed by atoms with van der Waals surface area (Å²) in [6.45, 7) is 3.45. The second-order valence-corrected chi connectivity index (χ2v) is 9.34. The number of fused-ring (bicyclic) bond motifs is 2. The number of amides is 1. The van der Waals surface area contributed by atoms with E-state index in [1.165, 1.54) is 11.3 Å². The number of carbonyl (C=O) groups excluding carboxylic acids is 3. The van der Waals surface area contributed by atoms with Crippen LogP contribution >= 0.6 is 11.3 Å². The van der Waals surface area contributed by atoms with E-state index in [1.807, 2.05) is 0 Å². The van der Waals surface area contributed by atoms with Crippen LogP contribution in [0.1, 0.15) is 51.4 Å². The zero-order chi connectivity index (χ0) is 24.4. The highest BCUT2D eigenvalue weighted by Crippen LogP contribution is 2.40. The van der Waals surface area contributed by atoms with Crippen LogP contribution in [0.2, 0.25) is 0 Å². The first-order chi connectivity index (χ1) is 16.3. The van der Waals surface area contributed by atoms with Crippen molar-refractivity contribution < 1.29 is 34.1 Å². The molecule has 0 radical (unpaired) electrons. The fraction of sp³-hybridized carbons (Fsp3) is 0.320. The Hall–Kier alpha value is -3.59. The summed E-state index contributed by atoms with van der Waals surface area (Å²) in [4.78, 5) is 38.7. The van der Waals surface area contributed by atoms with Gasteiger partial charge in [0.25, 0.3) is 5.91 Å². The van der Waals surface area contributed by atoms with Crippen LogP contribution < -0.4 is 5.32 Å². The van der Waals surface area contributed by atoms with E-state index in [2.05, 4.69) is 12.2 Å². The lowest BCUT2D eigenvalue weighted by molar-refractivity contribution is -0.119. The lowest BCUT2D eigenvalue weighted by atomic mass is 9.88. The minimum atomic E-state index is -0.960. The molecule has 1 heterocycles. The monoisotopic (exact) mass is 483 g/mol. The number of anilines is 1. The number of nitrogens with one attached hydrogen (secondary N) is 1. The summed E-state index contributed by atoms with van der Waals surface area (Å²) in [5, 5.41) is 24.4. The van der Waals surface area contributed by atoms with Crippen LogP contribution in [0.25, 0.3) is 10.8 Å². The minimum Gasteiger partial charge on any atom is -0.507 e. The van der Waals surface area contributed by atoms with Gasteiger partial charge in [0.1, 0.15) is 22.1 Å². The van der Waals surface area contributed by atoms with Gasteiger partial charge in [-0.15, -0.1) is 11.3 Å². The predicted octanol–water partition coefficient (Wildman–Crippen LogP) is 4.41. The number of aromatic hydroxyl groups is 2. The van der Waals surface area contributed by atoms with Gasteiger partial charge in [-0.05, 0) is 43.7 Å². The Morgan fingerprint density at radius 2 is 1.85 bits per heavy atom. The summed E-state index contributed by atoms with van der Waals surface area (Å²) in [5.74, 6) is -2.13. The number of esters is 2. The van der Waals surface area contributed by atoms with E-state index in [4.69, 9.17) is 9.47 Å². The molecule has 0 saturated heterocycles. The maximum absolute atomic E-state index is 12.6. The van der Waals surface area contributed by atoms with Crippen molar-refractivity contribution in [1.82, 2.24) is 0 Å². The van der Waals surface area contributed by atoms with Crippen molar-refractivity contribution in [3.05, 3.63) is 51.9 Å². The summed E-state index contributed by atoms with van der Waals surface area (Å²) in [6.07, 6.45) is 2.50. The standard InChI is InChI=1S/C25H25NO7S/c1-3-32-25(31)21-16-9-8-13(2)10-19(16)34-23(21)26-20(28)12-33-24(30)17-11-18(27)14-6-4-5-7-15(14)22(17)29/h4-7,11,13,27,29H,3,8-10,12H2,1-2H3,(H,26,28). The molecule has 8 nitrogen and oxygen atoms in total. The lowest BCUT2D eigenvalue weighted by Crippen LogP contribution is -2.22. The average Bonchev–Trinajstić information content (AvgIpc) is 3.16. The molecule has 0 fully saturated rings. The molecule has 34 heavy (non-hydrogen) atoms. The van der Waals surface area contributed by atoms with Crippen molar-refractivity contribution in [2.45, 2.75) is 33.1 Å². The van der Waals surface area contributed by atoms with Crippen molar-refractivity contribution in [2.24, 2.45) is 5.92 Å². The maximum atomic E-state index is 12.6. The van der Waals surface area contributed by atoms with Gasteiger partial charge in [0.15, 0.2) is 6.61 Å². The molecule has 4 rings (SSSR count). The first-order valence-corrected chi connectivity index (χ1v) is 11.8. The van der Waals surface area contributed by atoms with Gasteiger partial charge in [0, 0.05) is 15.6 Å². The molecular weight excluding hydrogens is 458 g/mol. The van der Waals surface area contributed by atoms with Crippen molar-refractivity contribution >= 4 is 45.0 Å². The molecule has 1 unspecified atom stereocenters. The van der Waals surface area contributed by atoms with Crippen LogP contribution in [-0.2, 0) is 27.1 Å². The summed E-state index contributed by atoms with van der Waals surface area (Å²) < 4.78 is 10.3. The summed E-state index contributed by atoms with van der Waals surface area (Å²) in [7, 11) is 0. The van der Waals surface area contributed by atoms with Crippen molar-refractivity contribution in [3.8, 4) is 11.5 Å². The number of rotatable bonds is 6. The number of ether oxygens (including phenoxy) is 2. The van der Waals surface area contributed by atoms with Gasteiger partial charge in [-0.2, -0.15) is 0 Å². The Bertz CT molecular complexity index is 1280. The predicted molar refractivity (Wildman–Crippen MR) is 128 cm³/mol. The molecular formula is C25H25NO7S. The highest BCUT2D eigenvalue weighted by molar-refractivity contribution is 7.17. The van der Waals surface area contributed by atoms with Gasteiger partial charge in [-0.1, -0.05) is 31.2 Å². The molecule has 1 aliphatic rings. The molecule has 1 aliphatic carbocycles. The van der Waals surface area contributed by atoms with E-state index >= 15 is 0 Å². The third kappa shape index (κ3) is 4.56. The molecule has 0 saturated carbocycles. The van der Waals surface area contributed by atoms with E-state index in [1.54, 1.807) is 31.2 Å². The third-order valence-corrected chi connectivity index (χ3v) is 6.96. The zero-order valence-corrected chi connectivity index (χ0v) is 19.7. The zero-order valence-electron chi connectivity index (χ0n) is 18.8. The van der Waals surface area contributed by atoms with Crippen LogP contribution in [0.15, 0.2) is 30.3 Å². The van der Waals surface area contributed by atoms with E-state index in [0.29, 0.717) is 21.9 Å². The van der Waals surface area contributed by atoms with E-state index < -0.39 is 24.5 Å². The Balaban J connectivity index is 1.50. The molecule has 9 heteroatoms. The van der Waals surface area contributed by atoms with E-state index in [-0.39, 0.29) is 29.1 Å².